The van der Waals surface area contributed by atoms with Gasteiger partial charge in [0.05, 0.1) is 11.6 Å². The number of hydrogen-bond acceptors (Lipinski definition) is 9. The minimum absolute atomic E-state index is 0.0356. The number of fused-ring (bicyclic) bond motifs is 4. The van der Waals surface area contributed by atoms with E-state index in [0.717, 1.165) is 43.4 Å². The van der Waals surface area contributed by atoms with Gasteiger partial charge in [-0.25, -0.2) is 0 Å². The Labute approximate surface area is 237 Å². The van der Waals surface area contributed by atoms with Crippen LogP contribution in [0.5, 0.6) is 5.75 Å². The molecule has 1 amide bonds. The number of phenols is 1. The van der Waals surface area contributed by atoms with E-state index in [1.54, 1.807) is 14.1 Å². The molecule has 1 saturated heterocycles. The zero-order chi connectivity index (χ0) is 29.4. The first-order chi connectivity index (χ1) is 19.4. The number of aliphatic hydroxyl groups excluding tert-OH is 2. The number of benzene rings is 2. The highest BCUT2D eigenvalue weighted by molar-refractivity contribution is 6.25. The number of primary amides is 1. The molecule has 4 atom stereocenters. The molecule has 216 valence electrons. The summed E-state index contributed by atoms with van der Waals surface area (Å²) < 4.78 is 0. The summed E-state index contributed by atoms with van der Waals surface area (Å²) in [4.78, 5) is 43.5. The van der Waals surface area contributed by atoms with Gasteiger partial charge in [-0.05, 0) is 81.4 Å². The van der Waals surface area contributed by atoms with Crippen molar-refractivity contribution >= 4 is 28.2 Å². The minimum atomic E-state index is -2.64. The summed E-state index contributed by atoms with van der Waals surface area (Å²) in [6.45, 7) is 2.77. The molecule has 1 fully saturated rings. The van der Waals surface area contributed by atoms with E-state index in [1.165, 1.54) is 11.3 Å². The van der Waals surface area contributed by atoms with Gasteiger partial charge in [-0.3, -0.25) is 24.2 Å². The fraction of sp³-hybridized carbons (Fsp3) is 0.452. The number of amides is 1. The van der Waals surface area contributed by atoms with Crippen molar-refractivity contribution in [2.75, 3.05) is 27.2 Å². The van der Waals surface area contributed by atoms with E-state index < -0.39 is 58.0 Å². The van der Waals surface area contributed by atoms with Crippen molar-refractivity contribution in [3.8, 4) is 5.75 Å². The van der Waals surface area contributed by atoms with Crippen LogP contribution in [0.1, 0.15) is 47.2 Å². The van der Waals surface area contributed by atoms with Crippen LogP contribution in [0.15, 0.2) is 46.9 Å². The molecule has 2 aromatic rings. The Balaban J connectivity index is 1.46. The third-order valence-electron chi connectivity index (χ3n) is 9.45. The smallest absolute Gasteiger partial charge is 0.255 e. The molecular formula is C31H35N3O7. The maximum absolute atomic E-state index is 14.0. The monoisotopic (exact) mass is 561 g/mol. The number of nitrogens with two attached hydrogens (primary N) is 1. The van der Waals surface area contributed by atoms with E-state index >= 15 is 0 Å². The number of hydrogen-bond donors (Lipinski definition) is 5. The van der Waals surface area contributed by atoms with Crippen molar-refractivity contribution in [3.63, 3.8) is 0 Å². The first-order valence-electron chi connectivity index (χ1n) is 14.1. The quantitative estimate of drug-likeness (QED) is 0.352. The average molecular weight is 562 g/mol. The number of carbonyl (C=O) groups is 3. The van der Waals surface area contributed by atoms with Crippen LogP contribution in [0.2, 0.25) is 0 Å². The van der Waals surface area contributed by atoms with E-state index in [4.69, 9.17) is 5.73 Å². The molecule has 0 bridgehead atoms. The molecule has 2 aromatic carbocycles. The summed E-state index contributed by atoms with van der Waals surface area (Å²) in [5.74, 6) is -6.41. The summed E-state index contributed by atoms with van der Waals surface area (Å²) in [5, 5.41) is 46.8. The molecule has 1 aliphatic heterocycles. The summed E-state index contributed by atoms with van der Waals surface area (Å²) in [7, 11) is 3.22. The standard InChI is InChI=1S/C31H35N3O7/c1-33(2)24-20-13-18-12-17-11-16-7-6-15(14-34-8-4-3-5-9-34)10-19(16)25(35)21(17)26(36)22(18)28(38)31(20,41)29(39)23(27(24)37)30(32)40/h6-7,10-11,18,20,24,35,37-38,41H,3-5,8-9,12-14H2,1-2H3,(H2,32,40)/t18-,20-,24-,31-/m0/s1. The average Bonchev–Trinajstić information content (AvgIpc) is 2.91. The van der Waals surface area contributed by atoms with E-state index in [9.17, 15) is 34.8 Å². The highest BCUT2D eigenvalue weighted by Crippen LogP contribution is 2.52. The normalized spacial score (nSPS) is 28.6. The van der Waals surface area contributed by atoms with Crippen LogP contribution in [0.25, 0.3) is 10.8 Å². The number of rotatable bonds is 4. The van der Waals surface area contributed by atoms with Crippen molar-refractivity contribution in [3.05, 3.63) is 63.6 Å². The van der Waals surface area contributed by atoms with Crippen LogP contribution < -0.4 is 5.73 Å². The van der Waals surface area contributed by atoms with Crippen molar-refractivity contribution in [2.24, 2.45) is 17.6 Å². The molecule has 0 saturated carbocycles. The molecule has 1 heterocycles. The SMILES string of the molecule is CN(C)[C@@H]1C(O)=C(C(N)=O)C(=O)[C@@]2(O)C(O)=C3C(=O)c4c(cc5ccc(CN6CCCCC6)cc5c4O)C[C@H]3C[C@@H]12. The van der Waals surface area contributed by atoms with Crippen molar-refractivity contribution in [2.45, 2.75) is 50.3 Å². The Kier molecular flexibility index (Phi) is 6.48. The number of piperidine rings is 1. The van der Waals surface area contributed by atoms with Crippen molar-refractivity contribution < 1.29 is 34.8 Å². The van der Waals surface area contributed by atoms with Crippen molar-refractivity contribution in [1.82, 2.24) is 9.80 Å². The van der Waals surface area contributed by atoms with Crippen LogP contribution in [-0.2, 0) is 22.6 Å². The lowest BCUT2D eigenvalue weighted by Gasteiger charge is -2.50. The zero-order valence-electron chi connectivity index (χ0n) is 23.2. The summed E-state index contributed by atoms with van der Waals surface area (Å²) in [6, 6.07) is 6.73. The molecule has 0 aromatic heterocycles. The van der Waals surface area contributed by atoms with Crippen LogP contribution in [0.4, 0.5) is 0 Å². The summed E-state index contributed by atoms with van der Waals surface area (Å²) in [6.07, 6.45) is 3.88. The Morgan fingerprint density at radius 2 is 1.80 bits per heavy atom. The second-order valence-corrected chi connectivity index (χ2v) is 12.1. The molecule has 4 aliphatic rings. The van der Waals surface area contributed by atoms with E-state index in [-0.39, 0.29) is 29.7 Å². The van der Waals surface area contributed by atoms with Crippen LogP contribution >= 0.6 is 0 Å². The van der Waals surface area contributed by atoms with Gasteiger partial charge >= 0.3 is 0 Å². The van der Waals surface area contributed by atoms with Gasteiger partial charge in [0.1, 0.15) is 22.8 Å². The number of phenolic OH excluding ortho intramolecular Hbond substituents is 1. The number of likely N-dealkylation sites (N-methyl/N-ethyl adjacent to an activating group) is 1. The number of allylic oxidation sites excluding steroid dienone is 1. The lowest BCUT2D eigenvalue weighted by atomic mass is 9.58. The largest absolute Gasteiger partial charge is 0.510 e. The van der Waals surface area contributed by atoms with Crippen LogP contribution in [0.3, 0.4) is 0 Å². The maximum atomic E-state index is 14.0. The fourth-order valence-corrected chi connectivity index (χ4v) is 7.54. The topological polar surface area (TPSA) is 165 Å². The lowest BCUT2D eigenvalue weighted by Crippen LogP contribution is -2.63. The molecule has 6 rings (SSSR count). The van der Waals surface area contributed by atoms with Gasteiger partial charge in [0.2, 0.25) is 5.78 Å². The Hall–Kier alpha value is -3.73. The molecule has 0 spiro atoms. The first kappa shape index (κ1) is 27.4. The number of aromatic hydroxyl groups is 1. The highest BCUT2D eigenvalue weighted by atomic mass is 16.3. The van der Waals surface area contributed by atoms with Crippen LogP contribution in [0, 0.1) is 11.8 Å². The Morgan fingerprint density at radius 1 is 1.10 bits per heavy atom. The Bertz CT molecular complexity index is 1570. The summed E-state index contributed by atoms with van der Waals surface area (Å²) in [5.41, 5.74) is 3.45. The van der Waals surface area contributed by atoms with Gasteiger partial charge < -0.3 is 26.2 Å². The van der Waals surface area contributed by atoms with E-state index in [2.05, 4.69) is 4.90 Å². The molecule has 41 heavy (non-hydrogen) atoms. The molecule has 0 unspecified atom stereocenters. The summed E-state index contributed by atoms with van der Waals surface area (Å²) >= 11 is 0. The first-order valence-corrected chi connectivity index (χ1v) is 14.1. The number of aliphatic hydroxyl groups is 3. The minimum Gasteiger partial charge on any atom is -0.510 e. The lowest BCUT2D eigenvalue weighted by molar-refractivity contribution is -0.148. The van der Waals surface area contributed by atoms with Gasteiger partial charge in [0.15, 0.2) is 11.4 Å². The van der Waals surface area contributed by atoms with Gasteiger partial charge in [-0.15, -0.1) is 0 Å². The van der Waals surface area contributed by atoms with Gasteiger partial charge in [0, 0.05) is 23.4 Å². The second kappa shape index (κ2) is 9.68. The number of ketones is 2. The third kappa shape index (κ3) is 3.99. The Morgan fingerprint density at radius 3 is 2.46 bits per heavy atom. The number of likely N-dealkylation sites (tertiary alicyclic amines) is 1. The van der Waals surface area contributed by atoms with Gasteiger partial charge in [0.25, 0.3) is 5.91 Å². The third-order valence-corrected chi connectivity index (χ3v) is 9.45. The zero-order valence-corrected chi connectivity index (χ0v) is 23.2. The number of Topliss-reactive ketones (excluding diaryl/α,β-unsaturated/α-hetero) is 2. The number of carbonyl (C=O) groups excluding carboxylic acids is 3. The molecule has 6 N–H and O–H groups in total. The molecule has 3 aliphatic carbocycles. The fourth-order valence-electron chi connectivity index (χ4n) is 7.54. The van der Waals surface area contributed by atoms with Gasteiger partial charge in [-0.1, -0.05) is 24.6 Å². The highest BCUT2D eigenvalue weighted by Gasteiger charge is 2.63. The molecular weight excluding hydrogens is 526 g/mol. The molecule has 10 heteroatoms. The predicted octanol–water partition coefficient (Wildman–Crippen LogP) is 2.26. The van der Waals surface area contributed by atoms with E-state index in [1.807, 2.05) is 24.3 Å². The van der Waals surface area contributed by atoms with Crippen LogP contribution in [-0.4, -0.2) is 86.5 Å². The molecule has 0 radical (unpaired) electrons. The van der Waals surface area contributed by atoms with E-state index in [0.29, 0.717) is 10.9 Å². The van der Waals surface area contributed by atoms with Gasteiger partial charge in [-0.2, -0.15) is 0 Å². The maximum Gasteiger partial charge on any atom is 0.255 e. The van der Waals surface area contributed by atoms with Crippen molar-refractivity contribution in [1.29, 1.82) is 0 Å². The molecule has 10 nitrogen and oxygen atoms in total. The second-order valence-electron chi connectivity index (χ2n) is 12.1. The predicted molar refractivity (Wildman–Crippen MR) is 150 cm³/mol. The number of nitrogens with zero attached hydrogens (tertiary/aromatic N) is 2.